The maximum absolute atomic E-state index is 12.4. The number of ketones is 1. The van der Waals surface area contributed by atoms with Crippen LogP contribution in [-0.2, 0) is 6.18 Å². The molecule has 2 nitrogen and oxygen atoms in total. The lowest BCUT2D eigenvalue weighted by Crippen LogP contribution is -2.11. The van der Waals surface area contributed by atoms with Gasteiger partial charge in [0.15, 0.2) is 5.78 Å². The molecule has 0 amide bonds. The summed E-state index contributed by atoms with van der Waals surface area (Å²) in [4.78, 5) is 10.9. The molecule has 15 heavy (non-hydrogen) atoms. The van der Waals surface area contributed by atoms with E-state index in [4.69, 9.17) is 11.6 Å². The van der Waals surface area contributed by atoms with Gasteiger partial charge in [0.05, 0.1) is 11.1 Å². The Kier molecular flexibility index (Phi) is 2.95. The van der Waals surface area contributed by atoms with E-state index in [0.29, 0.717) is 6.07 Å². The average Bonchev–Trinajstić information content (AvgIpc) is 1.99. The molecule has 6 heteroatoms. The van der Waals surface area contributed by atoms with Crippen LogP contribution in [0, 0.1) is 0 Å². The van der Waals surface area contributed by atoms with Gasteiger partial charge in [-0.1, -0.05) is 11.6 Å². The number of carbonyl (C=O) groups is 1. The van der Waals surface area contributed by atoms with Gasteiger partial charge in [0, 0.05) is 5.02 Å². The van der Waals surface area contributed by atoms with E-state index >= 15 is 0 Å². The maximum Gasteiger partial charge on any atom is 0.417 e. The molecule has 0 saturated carbocycles. The fraction of sp³-hybridized carbons (Fsp3) is 0.222. The molecule has 0 aliphatic rings. The Labute approximate surface area is 88.3 Å². The highest BCUT2D eigenvalue weighted by molar-refractivity contribution is 6.31. The first-order chi connectivity index (χ1) is 6.73. The van der Waals surface area contributed by atoms with E-state index in [9.17, 15) is 23.1 Å². The highest BCUT2D eigenvalue weighted by atomic mass is 35.5. The van der Waals surface area contributed by atoms with Crippen molar-refractivity contribution in [3.8, 4) is 5.75 Å². The summed E-state index contributed by atoms with van der Waals surface area (Å²) in [5.74, 6) is -1.63. The molecule has 0 saturated heterocycles. The monoisotopic (exact) mass is 238 g/mol. The Morgan fingerprint density at radius 2 is 1.93 bits per heavy atom. The van der Waals surface area contributed by atoms with Crippen molar-refractivity contribution in [2.24, 2.45) is 0 Å². The van der Waals surface area contributed by atoms with Crippen LogP contribution in [0.5, 0.6) is 5.75 Å². The van der Waals surface area contributed by atoms with Crippen molar-refractivity contribution in [3.63, 3.8) is 0 Å². The Balaban J connectivity index is 3.54. The largest absolute Gasteiger partial charge is 0.507 e. The first kappa shape index (κ1) is 11.8. The lowest BCUT2D eigenvalue weighted by Gasteiger charge is -2.12. The average molecular weight is 239 g/mol. The van der Waals surface area contributed by atoms with Crippen molar-refractivity contribution in [3.05, 3.63) is 28.3 Å². The fourth-order valence-electron chi connectivity index (χ4n) is 1.19. The number of hydrogen-bond donors (Lipinski definition) is 1. The second-order valence-corrected chi connectivity index (χ2v) is 3.34. The van der Waals surface area contributed by atoms with Crippen molar-refractivity contribution in [1.29, 1.82) is 0 Å². The zero-order valence-corrected chi connectivity index (χ0v) is 8.28. The smallest absolute Gasteiger partial charge is 0.417 e. The van der Waals surface area contributed by atoms with Crippen LogP contribution in [0.25, 0.3) is 0 Å². The number of hydrogen-bond acceptors (Lipinski definition) is 2. The lowest BCUT2D eigenvalue weighted by molar-refractivity contribution is -0.138. The van der Waals surface area contributed by atoms with Crippen LogP contribution in [-0.4, -0.2) is 10.9 Å². The molecule has 82 valence electrons. The Morgan fingerprint density at radius 1 is 1.40 bits per heavy atom. The van der Waals surface area contributed by atoms with Crippen molar-refractivity contribution in [2.75, 3.05) is 0 Å². The summed E-state index contributed by atoms with van der Waals surface area (Å²) in [5.41, 5.74) is -1.98. The summed E-state index contributed by atoms with van der Waals surface area (Å²) in [5, 5.41) is 8.93. The molecular weight excluding hydrogens is 233 g/mol. The molecule has 0 aliphatic carbocycles. The number of phenols is 1. The molecule has 0 unspecified atom stereocenters. The van der Waals surface area contributed by atoms with Gasteiger partial charge in [0.25, 0.3) is 0 Å². The number of benzene rings is 1. The van der Waals surface area contributed by atoms with Gasteiger partial charge in [0.1, 0.15) is 5.75 Å². The minimum absolute atomic E-state index is 0.273. The zero-order valence-electron chi connectivity index (χ0n) is 7.52. The Morgan fingerprint density at radius 3 is 2.33 bits per heavy atom. The Bertz CT molecular complexity index is 413. The van der Waals surface area contributed by atoms with Crippen LogP contribution >= 0.6 is 11.6 Å². The summed E-state index contributed by atoms with van der Waals surface area (Å²) in [6.45, 7) is 0.943. The summed E-state index contributed by atoms with van der Waals surface area (Å²) >= 11 is 5.36. The van der Waals surface area contributed by atoms with Crippen molar-refractivity contribution in [2.45, 2.75) is 13.1 Å². The molecule has 0 fully saturated rings. The third-order valence-corrected chi connectivity index (χ3v) is 1.96. The topological polar surface area (TPSA) is 37.3 Å². The van der Waals surface area contributed by atoms with E-state index in [1.807, 2.05) is 0 Å². The number of phenolic OH excluding ortho intramolecular Hbond substituents is 1. The van der Waals surface area contributed by atoms with Gasteiger partial charge in [-0.25, -0.2) is 0 Å². The fourth-order valence-corrected chi connectivity index (χ4v) is 1.40. The third-order valence-electron chi connectivity index (χ3n) is 1.74. The highest BCUT2D eigenvalue weighted by Crippen LogP contribution is 2.38. The molecule has 0 radical (unpaired) electrons. The molecule has 1 N–H and O–H groups in total. The van der Waals surface area contributed by atoms with E-state index in [1.54, 1.807) is 0 Å². The van der Waals surface area contributed by atoms with Gasteiger partial charge in [-0.15, -0.1) is 0 Å². The summed E-state index contributed by atoms with van der Waals surface area (Å²) in [6.07, 6.45) is -4.72. The van der Waals surface area contributed by atoms with Gasteiger partial charge >= 0.3 is 6.18 Å². The zero-order chi connectivity index (χ0) is 11.8. The van der Waals surface area contributed by atoms with Crippen LogP contribution < -0.4 is 0 Å². The summed E-state index contributed by atoms with van der Waals surface area (Å²) in [7, 11) is 0. The highest BCUT2D eigenvalue weighted by Gasteiger charge is 2.36. The van der Waals surface area contributed by atoms with E-state index in [-0.39, 0.29) is 5.02 Å². The maximum atomic E-state index is 12.4. The van der Waals surface area contributed by atoms with Gasteiger partial charge in [-0.2, -0.15) is 13.2 Å². The molecule has 1 aromatic rings. The van der Waals surface area contributed by atoms with Crippen molar-refractivity contribution < 1.29 is 23.1 Å². The molecule has 0 bridgehead atoms. The van der Waals surface area contributed by atoms with Crippen LogP contribution in [0.1, 0.15) is 22.8 Å². The number of rotatable bonds is 1. The van der Waals surface area contributed by atoms with E-state index in [1.165, 1.54) is 0 Å². The molecule has 1 rings (SSSR count). The number of alkyl halides is 3. The van der Waals surface area contributed by atoms with E-state index in [2.05, 4.69) is 0 Å². The number of Topliss-reactive ketones (excluding diaryl/α,β-unsaturated/α-hetero) is 1. The number of aromatic hydroxyl groups is 1. The van der Waals surface area contributed by atoms with Gasteiger partial charge in [-0.05, 0) is 19.1 Å². The van der Waals surface area contributed by atoms with E-state index in [0.717, 1.165) is 13.0 Å². The van der Waals surface area contributed by atoms with Crippen molar-refractivity contribution in [1.82, 2.24) is 0 Å². The molecule has 0 aromatic heterocycles. The predicted octanol–water partition coefficient (Wildman–Crippen LogP) is 3.27. The first-order valence-electron chi connectivity index (χ1n) is 3.84. The van der Waals surface area contributed by atoms with Crippen LogP contribution in [0.2, 0.25) is 5.02 Å². The molecular formula is C9H6ClF3O2. The minimum atomic E-state index is -4.72. The quantitative estimate of drug-likeness (QED) is 0.763. The minimum Gasteiger partial charge on any atom is -0.507 e. The molecule has 0 heterocycles. The molecule has 0 spiro atoms. The number of halogens is 4. The summed E-state index contributed by atoms with van der Waals surface area (Å²) in [6, 6.07) is 1.51. The molecule has 1 aromatic carbocycles. The van der Waals surface area contributed by atoms with Crippen LogP contribution in [0.15, 0.2) is 12.1 Å². The number of carbonyl (C=O) groups excluding carboxylic acids is 1. The van der Waals surface area contributed by atoms with Gasteiger partial charge < -0.3 is 5.11 Å². The normalized spacial score (nSPS) is 11.5. The predicted molar refractivity (Wildman–Crippen MR) is 48.1 cm³/mol. The first-order valence-corrected chi connectivity index (χ1v) is 4.22. The third kappa shape index (κ3) is 2.41. The van der Waals surface area contributed by atoms with Gasteiger partial charge in [-0.3, -0.25) is 4.79 Å². The summed E-state index contributed by atoms with van der Waals surface area (Å²) < 4.78 is 37.3. The van der Waals surface area contributed by atoms with Gasteiger partial charge in [0.2, 0.25) is 0 Å². The molecule has 0 aliphatic heterocycles. The molecule has 0 atom stereocenters. The van der Waals surface area contributed by atoms with Crippen LogP contribution in [0.4, 0.5) is 13.2 Å². The SMILES string of the molecule is CC(=O)c1c(O)cc(Cl)cc1C(F)(F)F. The van der Waals surface area contributed by atoms with Crippen molar-refractivity contribution >= 4 is 17.4 Å². The lowest BCUT2D eigenvalue weighted by atomic mass is 10.0. The van der Waals surface area contributed by atoms with E-state index < -0.39 is 28.8 Å². The van der Waals surface area contributed by atoms with Crippen LogP contribution in [0.3, 0.4) is 0 Å². The standard InChI is InChI=1S/C9H6ClF3O2/c1-4(14)8-6(9(11,12)13)2-5(10)3-7(8)15/h2-3,15H,1H3. The Hall–Kier alpha value is -1.23. The second kappa shape index (κ2) is 3.73. The second-order valence-electron chi connectivity index (χ2n) is 2.90.